The van der Waals surface area contributed by atoms with Gasteiger partial charge in [0.25, 0.3) is 0 Å². The van der Waals surface area contributed by atoms with Crippen LogP contribution in [0.25, 0.3) is 0 Å². The first-order valence-electron chi connectivity index (χ1n) is 5.65. The lowest BCUT2D eigenvalue weighted by Crippen LogP contribution is -1.96. The highest BCUT2D eigenvalue weighted by Crippen LogP contribution is 2.47. The van der Waals surface area contributed by atoms with Gasteiger partial charge in [0.1, 0.15) is 0 Å². The molecule has 72 valence electrons. The zero-order valence-corrected chi connectivity index (χ0v) is 9.14. The molecule has 1 rings (SSSR count). The van der Waals surface area contributed by atoms with Gasteiger partial charge in [-0.1, -0.05) is 40.5 Å². The molecular weight excluding hydrogens is 144 g/mol. The Kier molecular flexibility index (Phi) is 3.61. The van der Waals surface area contributed by atoms with Crippen molar-refractivity contribution in [3.63, 3.8) is 0 Å². The fraction of sp³-hybridized carbons (Fsp3) is 1.00. The second kappa shape index (κ2) is 4.30. The van der Waals surface area contributed by atoms with E-state index in [1.807, 2.05) is 0 Å². The SMILES string of the molecule is CCC(C)CCC1CC1C(C)C. The normalized spacial score (nSPS) is 30.8. The Bertz CT molecular complexity index is 126. The molecule has 0 amide bonds. The summed E-state index contributed by atoms with van der Waals surface area (Å²) in [5, 5.41) is 0. The molecule has 0 spiro atoms. The maximum Gasteiger partial charge on any atom is -0.0360 e. The predicted molar refractivity (Wildman–Crippen MR) is 55.1 cm³/mol. The van der Waals surface area contributed by atoms with Crippen molar-refractivity contribution in [2.75, 3.05) is 0 Å². The predicted octanol–water partition coefficient (Wildman–Crippen LogP) is 4.10. The molecule has 0 aliphatic heterocycles. The minimum absolute atomic E-state index is 0.937. The molecule has 0 aromatic carbocycles. The average molecular weight is 168 g/mol. The average Bonchev–Trinajstić information content (AvgIpc) is 2.79. The smallest absolute Gasteiger partial charge is 0.0360 e. The van der Waals surface area contributed by atoms with Crippen LogP contribution in [0.5, 0.6) is 0 Å². The van der Waals surface area contributed by atoms with Gasteiger partial charge in [0.15, 0.2) is 0 Å². The summed E-state index contributed by atoms with van der Waals surface area (Å²) in [5.41, 5.74) is 0. The largest absolute Gasteiger partial charge is 0.0651 e. The van der Waals surface area contributed by atoms with Gasteiger partial charge in [0, 0.05) is 0 Å². The van der Waals surface area contributed by atoms with E-state index in [1.54, 1.807) is 0 Å². The maximum atomic E-state index is 2.38. The summed E-state index contributed by atoms with van der Waals surface area (Å²) in [6.45, 7) is 9.42. The summed E-state index contributed by atoms with van der Waals surface area (Å²) in [6.07, 6.45) is 5.84. The van der Waals surface area contributed by atoms with Crippen LogP contribution in [-0.2, 0) is 0 Å². The summed E-state index contributed by atoms with van der Waals surface area (Å²) >= 11 is 0. The summed E-state index contributed by atoms with van der Waals surface area (Å²) in [4.78, 5) is 0. The molecule has 0 bridgehead atoms. The van der Waals surface area contributed by atoms with E-state index >= 15 is 0 Å². The van der Waals surface area contributed by atoms with E-state index < -0.39 is 0 Å². The Balaban J connectivity index is 2.04. The van der Waals surface area contributed by atoms with Gasteiger partial charge in [0.05, 0.1) is 0 Å². The lowest BCUT2D eigenvalue weighted by Gasteiger charge is -2.08. The molecule has 0 aromatic heterocycles. The summed E-state index contributed by atoms with van der Waals surface area (Å²) in [6, 6.07) is 0. The lowest BCUT2D eigenvalue weighted by atomic mass is 9.98. The van der Waals surface area contributed by atoms with E-state index in [9.17, 15) is 0 Å². The fourth-order valence-corrected chi connectivity index (χ4v) is 2.12. The van der Waals surface area contributed by atoms with Crippen molar-refractivity contribution in [2.24, 2.45) is 23.7 Å². The van der Waals surface area contributed by atoms with E-state index in [-0.39, 0.29) is 0 Å². The Hall–Kier alpha value is 0. The Morgan fingerprint density at radius 3 is 2.33 bits per heavy atom. The van der Waals surface area contributed by atoms with E-state index in [4.69, 9.17) is 0 Å². The van der Waals surface area contributed by atoms with Gasteiger partial charge in [-0.15, -0.1) is 0 Å². The molecule has 0 heteroatoms. The monoisotopic (exact) mass is 168 g/mol. The maximum absolute atomic E-state index is 2.38. The van der Waals surface area contributed by atoms with E-state index in [2.05, 4.69) is 27.7 Å². The standard InChI is InChI=1S/C12H24/c1-5-10(4)6-7-11-8-12(11)9(2)3/h9-12H,5-8H2,1-4H3. The van der Waals surface area contributed by atoms with E-state index in [0.29, 0.717) is 0 Å². The summed E-state index contributed by atoms with van der Waals surface area (Å²) in [5.74, 6) is 4.07. The van der Waals surface area contributed by atoms with Crippen molar-refractivity contribution < 1.29 is 0 Å². The third kappa shape index (κ3) is 2.80. The van der Waals surface area contributed by atoms with Crippen molar-refractivity contribution in [1.82, 2.24) is 0 Å². The van der Waals surface area contributed by atoms with Crippen LogP contribution >= 0.6 is 0 Å². The second-order valence-corrected chi connectivity index (χ2v) is 4.99. The molecule has 3 atom stereocenters. The van der Waals surface area contributed by atoms with E-state index in [0.717, 1.165) is 23.7 Å². The van der Waals surface area contributed by atoms with Crippen LogP contribution in [-0.4, -0.2) is 0 Å². The first-order valence-corrected chi connectivity index (χ1v) is 5.65. The molecule has 0 nitrogen and oxygen atoms in total. The van der Waals surface area contributed by atoms with Crippen LogP contribution in [0, 0.1) is 23.7 Å². The highest BCUT2D eigenvalue weighted by molar-refractivity contribution is 4.88. The van der Waals surface area contributed by atoms with Crippen LogP contribution in [0.4, 0.5) is 0 Å². The molecule has 0 N–H and O–H groups in total. The molecule has 0 aromatic rings. The second-order valence-electron chi connectivity index (χ2n) is 4.99. The lowest BCUT2D eigenvalue weighted by molar-refractivity contribution is 0.439. The Morgan fingerprint density at radius 1 is 1.25 bits per heavy atom. The highest BCUT2D eigenvalue weighted by Gasteiger charge is 2.38. The molecule has 3 unspecified atom stereocenters. The van der Waals surface area contributed by atoms with Crippen molar-refractivity contribution in [2.45, 2.75) is 53.4 Å². The molecule has 0 saturated heterocycles. The Morgan fingerprint density at radius 2 is 1.92 bits per heavy atom. The fourth-order valence-electron chi connectivity index (χ4n) is 2.12. The van der Waals surface area contributed by atoms with Crippen molar-refractivity contribution in [1.29, 1.82) is 0 Å². The number of rotatable bonds is 5. The van der Waals surface area contributed by atoms with Gasteiger partial charge < -0.3 is 0 Å². The van der Waals surface area contributed by atoms with Crippen molar-refractivity contribution in [3.8, 4) is 0 Å². The van der Waals surface area contributed by atoms with Gasteiger partial charge >= 0.3 is 0 Å². The molecule has 0 heterocycles. The van der Waals surface area contributed by atoms with Crippen molar-refractivity contribution in [3.05, 3.63) is 0 Å². The Labute approximate surface area is 77.7 Å². The molecule has 1 aliphatic carbocycles. The van der Waals surface area contributed by atoms with Gasteiger partial charge in [-0.05, 0) is 36.5 Å². The van der Waals surface area contributed by atoms with Gasteiger partial charge in [0.2, 0.25) is 0 Å². The summed E-state index contributed by atoms with van der Waals surface area (Å²) < 4.78 is 0. The quantitative estimate of drug-likeness (QED) is 0.579. The van der Waals surface area contributed by atoms with Crippen LogP contribution in [0.3, 0.4) is 0 Å². The minimum Gasteiger partial charge on any atom is -0.0651 e. The third-order valence-corrected chi connectivity index (χ3v) is 3.56. The van der Waals surface area contributed by atoms with Crippen LogP contribution in [0.2, 0.25) is 0 Å². The van der Waals surface area contributed by atoms with Gasteiger partial charge in [-0.2, -0.15) is 0 Å². The van der Waals surface area contributed by atoms with Crippen LogP contribution < -0.4 is 0 Å². The topological polar surface area (TPSA) is 0 Å². The van der Waals surface area contributed by atoms with Gasteiger partial charge in [-0.25, -0.2) is 0 Å². The third-order valence-electron chi connectivity index (χ3n) is 3.56. The van der Waals surface area contributed by atoms with Gasteiger partial charge in [-0.3, -0.25) is 0 Å². The molecule has 12 heavy (non-hydrogen) atoms. The first-order chi connectivity index (χ1) is 5.65. The molecule has 1 aliphatic rings. The number of hydrogen-bond donors (Lipinski definition) is 0. The van der Waals surface area contributed by atoms with Crippen LogP contribution in [0.15, 0.2) is 0 Å². The minimum atomic E-state index is 0.937. The molecule has 1 fully saturated rings. The zero-order chi connectivity index (χ0) is 9.14. The molecular formula is C12H24. The first kappa shape index (κ1) is 10.1. The molecule has 1 saturated carbocycles. The van der Waals surface area contributed by atoms with Crippen molar-refractivity contribution >= 4 is 0 Å². The zero-order valence-electron chi connectivity index (χ0n) is 9.14. The molecule has 0 radical (unpaired) electrons. The van der Waals surface area contributed by atoms with E-state index in [1.165, 1.54) is 25.7 Å². The number of hydrogen-bond acceptors (Lipinski definition) is 0. The summed E-state index contributed by atoms with van der Waals surface area (Å²) in [7, 11) is 0. The highest BCUT2D eigenvalue weighted by atomic mass is 14.4. The van der Waals surface area contributed by atoms with Crippen LogP contribution in [0.1, 0.15) is 53.4 Å².